The fourth-order valence-corrected chi connectivity index (χ4v) is 2.67. The second-order valence-corrected chi connectivity index (χ2v) is 4.85. The number of nitrogens with zero attached hydrogens (tertiary/aromatic N) is 3. The minimum absolute atomic E-state index is 0.487. The highest BCUT2D eigenvalue weighted by molar-refractivity contribution is 5.50. The van der Waals surface area contributed by atoms with Gasteiger partial charge in [-0.05, 0) is 24.1 Å². The molecule has 1 aromatic heterocycles. The van der Waals surface area contributed by atoms with Crippen LogP contribution in [0.25, 0.3) is 0 Å². The molecule has 19 heavy (non-hydrogen) atoms. The van der Waals surface area contributed by atoms with Crippen molar-refractivity contribution >= 4 is 5.69 Å². The van der Waals surface area contributed by atoms with Crippen molar-refractivity contribution < 1.29 is 0 Å². The van der Waals surface area contributed by atoms with Gasteiger partial charge in [0.05, 0.1) is 0 Å². The standard InChI is InChI=1S/C16H15N3/c17-11-15-10-16(6-8-18-15)19-9-7-14(12-19)13-4-2-1-3-5-13/h1-6,8,10,14H,7,9,12H2. The maximum atomic E-state index is 8.90. The zero-order chi connectivity index (χ0) is 13.1. The van der Waals surface area contributed by atoms with E-state index in [1.165, 1.54) is 5.56 Å². The van der Waals surface area contributed by atoms with Crippen molar-refractivity contribution in [2.24, 2.45) is 0 Å². The molecule has 1 atom stereocenters. The van der Waals surface area contributed by atoms with Gasteiger partial charge in [-0.25, -0.2) is 4.98 Å². The molecular formula is C16H15N3. The lowest BCUT2D eigenvalue weighted by atomic mass is 9.99. The second kappa shape index (κ2) is 5.11. The summed E-state index contributed by atoms with van der Waals surface area (Å²) in [6.45, 7) is 2.05. The van der Waals surface area contributed by atoms with E-state index in [2.05, 4.69) is 46.3 Å². The molecule has 3 heteroatoms. The van der Waals surface area contributed by atoms with Crippen LogP contribution in [0.2, 0.25) is 0 Å². The van der Waals surface area contributed by atoms with Gasteiger partial charge in [-0.15, -0.1) is 0 Å². The maximum absolute atomic E-state index is 8.90. The summed E-state index contributed by atoms with van der Waals surface area (Å²) in [5.41, 5.74) is 2.99. The zero-order valence-electron chi connectivity index (χ0n) is 10.7. The zero-order valence-corrected chi connectivity index (χ0v) is 10.7. The van der Waals surface area contributed by atoms with Crippen LogP contribution in [0, 0.1) is 11.3 Å². The first-order chi connectivity index (χ1) is 9.36. The first-order valence-electron chi connectivity index (χ1n) is 6.53. The van der Waals surface area contributed by atoms with Crippen molar-refractivity contribution in [3.05, 3.63) is 59.9 Å². The Balaban J connectivity index is 1.77. The molecule has 0 bridgehead atoms. The van der Waals surface area contributed by atoms with Gasteiger partial charge in [0.2, 0.25) is 0 Å². The quantitative estimate of drug-likeness (QED) is 0.821. The van der Waals surface area contributed by atoms with Gasteiger partial charge in [-0.3, -0.25) is 0 Å². The molecule has 1 unspecified atom stereocenters. The number of aromatic nitrogens is 1. The summed E-state index contributed by atoms with van der Waals surface area (Å²) < 4.78 is 0. The number of pyridine rings is 1. The number of nitriles is 1. The van der Waals surface area contributed by atoms with Crippen molar-refractivity contribution in [2.45, 2.75) is 12.3 Å². The molecule has 2 aromatic rings. The predicted molar refractivity (Wildman–Crippen MR) is 75.0 cm³/mol. The van der Waals surface area contributed by atoms with Crippen LogP contribution in [0.15, 0.2) is 48.7 Å². The van der Waals surface area contributed by atoms with Crippen molar-refractivity contribution in [3.63, 3.8) is 0 Å². The maximum Gasteiger partial charge on any atom is 0.142 e. The smallest absolute Gasteiger partial charge is 0.142 e. The van der Waals surface area contributed by atoms with Crippen molar-refractivity contribution in [2.75, 3.05) is 18.0 Å². The van der Waals surface area contributed by atoms with Gasteiger partial charge in [-0.1, -0.05) is 30.3 Å². The number of hydrogen-bond acceptors (Lipinski definition) is 3. The van der Waals surface area contributed by atoms with Gasteiger partial charge in [0.25, 0.3) is 0 Å². The second-order valence-electron chi connectivity index (χ2n) is 4.85. The Morgan fingerprint density at radius 1 is 1.21 bits per heavy atom. The topological polar surface area (TPSA) is 39.9 Å². The van der Waals surface area contributed by atoms with Crippen LogP contribution >= 0.6 is 0 Å². The SMILES string of the molecule is N#Cc1cc(N2CCC(c3ccccc3)C2)ccn1. The predicted octanol–water partition coefficient (Wildman–Crippen LogP) is 2.95. The monoisotopic (exact) mass is 249 g/mol. The van der Waals surface area contributed by atoms with Crippen LogP contribution in [-0.2, 0) is 0 Å². The van der Waals surface area contributed by atoms with E-state index in [1.807, 2.05) is 12.1 Å². The molecule has 3 rings (SSSR count). The largest absolute Gasteiger partial charge is 0.371 e. The van der Waals surface area contributed by atoms with Gasteiger partial charge in [0.1, 0.15) is 11.8 Å². The Hall–Kier alpha value is -2.34. The summed E-state index contributed by atoms with van der Waals surface area (Å²) in [6.07, 6.45) is 2.87. The van der Waals surface area contributed by atoms with Crippen molar-refractivity contribution in [1.82, 2.24) is 4.98 Å². The molecule has 0 N–H and O–H groups in total. The lowest BCUT2D eigenvalue weighted by Gasteiger charge is -2.18. The van der Waals surface area contributed by atoms with Crippen LogP contribution in [0.3, 0.4) is 0 Å². The van der Waals surface area contributed by atoms with Crippen LogP contribution in [0.5, 0.6) is 0 Å². The first-order valence-corrected chi connectivity index (χ1v) is 6.53. The van der Waals surface area contributed by atoms with Gasteiger partial charge < -0.3 is 4.90 Å². The van der Waals surface area contributed by atoms with Crippen molar-refractivity contribution in [1.29, 1.82) is 5.26 Å². The highest BCUT2D eigenvalue weighted by atomic mass is 15.2. The van der Waals surface area contributed by atoms with E-state index in [9.17, 15) is 0 Å². The first kappa shape index (κ1) is 11.7. The van der Waals surface area contributed by atoms with E-state index in [0.29, 0.717) is 11.6 Å². The Bertz CT molecular complexity index is 601. The molecule has 94 valence electrons. The molecule has 1 fully saturated rings. The summed E-state index contributed by atoms with van der Waals surface area (Å²) in [5.74, 6) is 0.583. The molecule has 2 heterocycles. The molecule has 3 nitrogen and oxygen atoms in total. The third kappa shape index (κ3) is 2.43. The van der Waals surface area contributed by atoms with E-state index < -0.39 is 0 Å². The van der Waals surface area contributed by atoms with Crippen LogP contribution < -0.4 is 4.90 Å². The minimum atomic E-state index is 0.487. The molecule has 1 aromatic carbocycles. The normalized spacial score (nSPS) is 18.3. The van der Waals surface area contributed by atoms with E-state index in [0.717, 1.165) is 25.2 Å². The van der Waals surface area contributed by atoms with E-state index in [4.69, 9.17) is 5.26 Å². The Morgan fingerprint density at radius 3 is 2.84 bits per heavy atom. The summed E-state index contributed by atoms with van der Waals surface area (Å²) in [7, 11) is 0. The summed E-state index contributed by atoms with van der Waals surface area (Å²) in [6, 6.07) is 16.6. The minimum Gasteiger partial charge on any atom is -0.371 e. The summed E-state index contributed by atoms with van der Waals surface area (Å²) in [4.78, 5) is 6.35. The van der Waals surface area contributed by atoms with Crippen LogP contribution in [0.1, 0.15) is 23.6 Å². The lowest BCUT2D eigenvalue weighted by Crippen LogP contribution is -2.19. The number of anilines is 1. The third-order valence-corrected chi connectivity index (χ3v) is 3.68. The number of rotatable bonds is 2. The third-order valence-electron chi connectivity index (χ3n) is 3.68. The molecule has 0 amide bonds. The van der Waals surface area contributed by atoms with Crippen molar-refractivity contribution in [3.8, 4) is 6.07 Å². The van der Waals surface area contributed by atoms with Crippen LogP contribution in [-0.4, -0.2) is 18.1 Å². The fourth-order valence-electron chi connectivity index (χ4n) is 2.67. The Kier molecular flexibility index (Phi) is 3.16. The van der Waals surface area contributed by atoms with Gasteiger partial charge in [0, 0.05) is 30.9 Å². The average Bonchev–Trinajstić information content (AvgIpc) is 2.98. The molecule has 0 aliphatic carbocycles. The average molecular weight is 249 g/mol. The number of hydrogen-bond donors (Lipinski definition) is 0. The lowest BCUT2D eigenvalue weighted by molar-refractivity contribution is 0.775. The molecular weight excluding hydrogens is 234 g/mol. The fraction of sp³-hybridized carbons (Fsp3) is 0.250. The summed E-state index contributed by atoms with van der Waals surface area (Å²) in [5, 5.41) is 8.90. The Labute approximate surface area is 113 Å². The van der Waals surface area contributed by atoms with Gasteiger partial charge in [0.15, 0.2) is 0 Å². The van der Waals surface area contributed by atoms with E-state index >= 15 is 0 Å². The van der Waals surface area contributed by atoms with Crippen LogP contribution in [0.4, 0.5) is 5.69 Å². The molecule has 0 spiro atoms. The molecule has 0 radical (unpaired) electrons. The molecule has 1 saturated heterocycles. The highest BCUT2D eigenvalue weighted by Gasteiger charge is 2.23. The highest BCUT2D eigenvalue weighted by Crippen LogP contribution is 2.30. The summed E-state index contributed by atoms with van der Waals surface area (Å²) >= 11 is 0. The molecule has 1 aliphatic rings. The molecule has 0 saturated carbocycles. The Morgan fingerprint density at radius 2 is 2.05 bits per heavy atom. The van der Waals surface area contributed by atoms with Gasteiger partial charge >= 0.3 is 0 Å². The van der Waals surface area contributed by atoms with Gasteiger partial charge in [-0.2, -0.15) is 5.26 Å². The van der Waals surface area contributed by atoms with E-state index in [1.54, 1.807) is 6.20 Å². The number of benzene rings is 1. The molecule has 1 aliphatic heterocycles. The van der Waals surface area contributed by atoms with E-state index in [-0.39, 0.29) is 0 Å².